The number of hydrogen-bond donors (Lipinski definition) is 1. The Kier molecular flexibility index (Phi) is 6.07. The van der Waals surface area contributed by atoms with Gasteiger partial charge in [-0.15, -0.1) is 0 Å². The zero-order valence-electron chi connectivity index (χ0n) is 10.9. The Labute approximate surface area is 111 Å². The molecule has 0 aliphatic carbocycles. The van der Waals surface area contributed by atoms with Crippen molar-refractivity contribution in [2.45, 2.75) is 44.8 Å². The summed E-state index contributed by atoms with van der Waals surface area (Å²) in [4.78, 5) is 0. The van der Waals surface area contributed by atoms with Gasteiger partial charge >= 0.3 is 6.18 Å². The second-order valence-corrected chi connectivity index (χ2v) is 6.64. The van der Waals surface area contributed by atoms with Crippen LogP contribution in [0.3, 0.4) is 0 Å². The van der Waals surface area contributed by atoms with Crippen molar-refractivity contribution >= 4 is 10.0 Å². The molecule has 1 N–H and O–H groups in total. The van der Waals surface area contributed by atoms with E-state index in [1.54, 1.807) is 0 Å². The summed E-state index contributed by atoms with van der Waals surface area (Å²) in [5.74, 6) is -0.768. The smallest absolute Gasteiger partial charge is 0.381 e. The molecule has 1 fully saturated rings. The highest BCUT2D eigenvalue weighted by Crippen LogP contribution is 2.23. The zero-order valence-corrected chi connectivity index (χ0v) is 11.7. The van der Waals surface area contributed by atoms with Crippen molar-refractivity contribution in [3.63, 3.8) is 0 Å². The highest BCUT2D eigenvalue weighted by atomic mass is 32.2. The molecule has 1 saturated heterocycles. The summed E-state index contributed by atoms with van der Waals surface area (Å²) in [5, 5.41) is 0. The van der Waals surface area contributed by atoms with Crippen molar-refractivity contribution in [3.8, 4) is 0 Å². The predicted molar refractivity (Wildman–Crippen MR) is 65.2 cm³/mol. The van der Waals surface area contributed by atoms with Gasteiger partial charge in [-0.1, -0.05) is 6.92 Å². The lowest BCUT2D eigenvalue weighted by Crippen LogP contribution is -2.43. The predicted octanol–water partition coefficient (Wildman–Crippen LogP) is 2.06. The molecule has 1 aliphatic heterocycles. The fourth-order valence-electron chi connectivity index (χ4n) is 2.17. The van der Waals surface area contributed by atoms with Gasteiger partial charge in [0.05, 0.1) is 12.2 Å². The first-order chi connectivity index (χ1) is 8.73. The van der Waals surface area contributed by atoms with Crippen molar-refractivity contribution in [2.24, 2.45) is 5.92 Å². The largest absolute Gasteiger partial charge is 0.390 e. The van der Waals surface area contributed by atoms with E-state index in [0.717, 1.165) is 12.8 Å². The molecule has 0 aromatic carbocycles. The molecule has 4 nitrogen and oxygen atoms in total. The van der Waals surface area contributed by atoms with E-state index in [1.807, 2.05) is 6.92 Å². The van der Waals surface area contributed by atoms with Crippen LogP contribution in [0.2, 0.25) is 0 Å². The fourth-order valence-corrected chi connectivity index (χ4v) is 3.61. The van der Waals surface area contributed by atoms with Crippen LogP contribution in [0.4, 0.5) is 13.2 Å². The van der Waals surface area contributed by atoms with Crippen molar-refractivity contribution in [2.75, 3.05) is 19.0 Å². The van der Waals surface area contributed by atoms with Crippen LogP contribution in [0.5, 0.6) is 0 Å². The van der Waals surface area contributed by atoms with E-state index >= 15 is 0 Å². The summed E-state index contributed by atoms with van der Waals surface area (Å²) in [6, 6.07) is -0.304. The highest BCUT2D eigenvalue weighted by molar-refractivity contribution is 7.89. The number of sulfonamides is 1. The molecule has 0 aromatic rings. The summed E-state index contributed by atoms with van der Waals surface area (Å²) < 4.78 is 67.0. The number of rotatable bonds is 6. The lowest BCUT2D eigenvalue weighted by molar-refractivity contribution is -0.130. The van der Waals surface area contributed by atoms with Gasteiger partial charge in [-0.25, -0.2) is 13.1 Å². The van der Waals surface area contributed by atoms with Gasteiger partial charge in [-0.2, -0.15) is 13.2 Å². The SMILES string of the molecule is CC[C@H](NS(=O)(=O)CCC(F)(F)F)C1CCOCC1. The molecule has 0 bridgehead atoms. The van der Waals surface area contributed by atoms with Gasteiger partial charge < -0.3 is 4.74 Å². The number of nitrogens with one attached hydrogen (secondary N) is 1. The molecule has 1 rings (SSSR count). The molecule has 0 radical (unpaired) electrons. The number of hydrogen-bond acceptors (Lipinski definition) is 3. The lowest BCUT2D eigenvalue weighted by atomic mass is 9.91. The minimum absolute atomic E-state index is 0.138. The molecule has 8 heteroatoms. The topological polar surface area (TPSA) is 55.4 Å². The first-order valence-electron chi connectivity index (χ1n) is 6.38. The van der Waals surface area contributed by atoms with E-state index in [2.05, 4.69) is 4.72 Å². The van der Waals surface area contributed by atoms with Crippen LogP contribution >= 0.6 is 0 Å². The van der Waals surface area contributed by atoms with Crippen LogP contribution < -0.4 is 4.72 Å². The van der Waals surface area contributed by atoms with Crippen LogP contribution in [0.25, 0.3) is 0 Å². The maximum Gasteiger partial charge on any atom is 0.390 e. The van der Waals surface area contributed by atoms with Gasteiger partial charge in [-0.3, -0.25) is 0 Å². The van der Waals surface area contributed by atoms with E-state index in [1.165, 1.54) is 0 Å². The molecule has 1 heterocycles. The van der Waals surface area contributed by atoms with E-state index < -0.39 is 28.4 Å². The van der Waals surface area contributed by atoms with E-state index in [0.29, 0.717) is 19.6 Å². The second kappa shape index (κ2) is 6.90. The number of halogens is 3. The molecule has 0 unspecified atom stereocenters. The molecular formula is C11H20F3NO3S. The van der Waals surface area contributed by atoms with Gasteiger partial charge in [0, 0.05) is 19.3 Å². The highest BCUT2D eigenvalue weighted by Gasteiger charge is 2.32. The van der Waals surface area contributed by atoms with Crippen LogP contribution in [0.15, 0.2) is 0 Å². The quantitative estimate of drug-likeness (QED) is 0.817. The molecule has 1 aliphatic rings. The van der Waals surface area contributed by atoms with Crippen molar-refractivity contribution in [1.82, 2.24) is 4.72 Å². The Hall–Kier alpha value is -0.340. The van der Waals surface area contributed by atoms with E-state index in [9.17, 15) is 21.6 Å². The van der Waals surface area contributed by atoms with Gasteiger partial charge in [-0.05, 0) is 25.2 Å². The monoisotopic (exact) mass is 303 g/mol. The molecule has 0 amide bonds. The van der Waals surface area contributed by atoms with E-state index in [4.69, 9.17) is 4.74 Å². The molecule has 19 heavy (non-hydrogen) atoms. The van der Waals surface area contributed by atoms with Crippen molar-refractivity contribution in [3.05, 3.63) is 0 Å². The Morgan fingerprint density at radius 1 is 1.32 bits per heavy atom. The van der Waals surface area contributed by atoms with Gasteiger partial charge in [0.2, 0.25) is 10.0 Å². The Morgan fingerprint density at radius 2 is 1.89 bits per heavy atom. The molecular weight excluding hydrogens is 283 g/mol. The Bertz CT molecular complexity index is 364. The average Bonchev–Trinajstić information content (AvgIpc) is 2.34. The zero-order chi connectivity index (χ0) is 14.5. The molecule has 114 valence electrons. The Balaban J connectivity index is 2.53. The number of ether oxygens (including phenoxy) is 1. The third-order valence-corrected chi connectivity index (χ3v) is 4.66. The molecule has 0 aromatic heterocycles. The van der Waals surface area contributed by atoms with Crippen molar-refractivity contribution < 1.29 is 26.3 Å². The van der Waals surface area contributed by atoms with Crippen LogP contribution in [0, 0.1) is 5.92 Å². The minimum Gasteiger partial charge on any atom is -0.381 e. The standard InChI is InChI=1S/C11H20F3NO3S/c1-2-10(9-3-6-18-7-4-9)15-19(16,17)8-5-11(12,13)14/h9-10,15H,2-8H2,1H3/t10-/m0/s1. The molecule has 0 spiro atoms. The number of alkyl halides is 3. The Morgan fingerprint density at radius 3 is 2.37 bits per heavy atom. The summed E-state index contributed by atoms with van der Waals surface area (Å²) in [6.45, 7) is 2.98. The fraction of sp³-hybridized carbons (Fsp3) is 1.00. The third-order valence-electron chi connectivity index (χ3n) is 3.26. The van der Waals surface area contributed by atoms with Crippen LogP contribution in [-0.2, 0) is 14.8 Å². The van der Waals surface area contributed by atoms with Crippen LogP contribution in [0.1, 0.15) is 32.6 Å². The van der Waals surface area contributed by atoms with Crippen molar-refractivity contribution in [1.29, 1.82) is 0 Å². The van der Waals surface area contributed by atoms with Gasteiger partial charge in [0.1, 0.15) is 0 Å². The van der Waals surface area contributed by atoms with Gasteiger partial charge in [0.25, 0.3) is 0 Å². The molecule has 0 saturated carbocycles. The summed E-state index contributed by atoms with van der Waals surface area (Å²) in [7, 11) is -3.89. The third kappa shape index (κ3) is 6.58. The summed E-state index contributed by atoms with van der Waals surface area (Å²) in [5.41, 5.74) is 0. The summed E-state index contributed by atoms with van der Waals surface area (Å²) >= 11 is 0. The average molecular weight is 303 g/mol. The molecule has 1 atom stereocenters. The van der Waals surface area contributed by atoms with Crippen LogP contribution in [-0.4, -0.2) is 39.6 Å². The minimum atomic E-state index is -4.45. The normalized spacial score (nSPS) is 20.4. The summed E-state index contributed by atoms with van der Waals surface area (Å²) in [6.07, 6.45) is -3.72. The first-order valence-corrected chi connectivity index (χ1v) is 8.03. The second-order valence-electron chi connectivity index (χ2n) is 4.77. The maximum atomic E-state index is 12.1. The van der Waals surface area contributed by atoms with Gasteiger partial charge in [0.15, 0.2) is 0 Å². The maximum absolute atomic E-state index is 12.1. The first kappa shape index (κ1) is 16.7. The van der Waals surface area contributed by atoms with E-state index in [-0.39, 0.29) is 12.0 Å². The lowest BCUT2D eigenvalue weighted by Gasteiger charge is -2.30.